The predicted octanol–water partition coefficient (Wildman–Crippen LogP) is 3.84. The Labute approximate surface area is 215 Å². The predicted molar refractivity (Wildman–Crippen MR) is 133 cm³/mol. The topological polar surface area (TPSA) is 96.2 Å². The molecule has 36 heavy (non-hydrogen) atoms. The first-order chi connectivity index (χ1) is 16.5. The summed E-state index contributed by atoms with van der Waals surface area (Å²) in [5.74, 6) is -0.457. The molecule has 2 heterocycles. The number of ketones is 1. The molecule has 7 aliphatic rings. The summed E-state index contributed by atoms with van der Waals surface area (Å²) in [6, 6.07) is 0. The molecule has 13 atom stereocenters. The zero-order valence-corrected chi connectivity index (χ0v) is 23.1. The monoisotopic (exact) mass is 502 g/mol. The normalized spacial score (nSPS) is 62.6. The number of carbonyl (C=O) groups excluding carboxylic acids is 1. The Bertz CT molecular complexity index is 1030. The summed E-state index contributed by atoms with van der Waals surface area (Å²) >= 11 is 0. The number of aliphatic hydroxyl groups is 3. The van der Waals surface area contributed by atoms with Crippen molar-refractivity contribution in [3.05, 3.63) is 0 Å². The van der Waals surface area contributed by atoms with Gasteiger partial charge in [0.2, 0.25) is 0 Å². The highest BCUT2D eigenvalue weighted by Gasteiger charge is 2.90. The van der Waals surface area contributed by atoms with Gasteiger partial charge in [0.05, 0.1) is 17.8 Å². The summed E-state index contributed by atoms with van der Waals surface area (Å²) in [4.78, 5) is 14.6. The van der Waals surface area contributed by atoms with Crippen molar-refractivity contribution in [2.75, 3.05) is 0 Å². The standard InChI is InChI=1S/C30H46O6/c1-15-12-16-22(25(4,5)34)36-30(35-16)21(15)27(7)20(32)13-29-14-28(29)11-10-19(31)24(2,3)17(28)8-9-18(29)26(27,6)23(30)33/h15-19,21-23,31,33-34H,8-14H2,1-7H3. The van der Waals surface area contributed by atoms with E-state index in [4.69, 9.17) is 9.47 Å². The average Bonchev–Trinajstić information content (AvgIpc) is 3.27. The van der Waals surface area contributed by atoms with E-state index in [1.54, 1.807) is 13.8 Å². The van der Waals surface area contributed by atoms with Gasteiger partial charge in [-0.05, 0) is 86.4 Å². The molecule has 2 saturated heterocycles. The molecule has 202 valence electrons. The molecule has 0 aromatic rings. The Hall–Kier alpha value is -0.530. The van der Waals surface area contributed by atoms with Crippen molar-refractivity contribution < 1.29 is 29.6 Å². The van der Waals surface area contributed by atoms with Crippen LogP contribution in [0.5, 0.6) is 0 Å². The summed E-state index contributed by atoms with van der Waals surface area (Å²) in [7, 11) is 0. The third-order valence-electron chi connectivity index (χ3n) is 14.0. The molecule has 0 aromatic heterocycles. The van der Waals surface area contributed by atoms with Crippen molar-refractivity contribution in [1.82, 2.24) is 0 Å². The van der Waals surface area contributed by atoms with Crippen LogP contribution in [0.2, 0.25) is 0 Å². The van der Waals surface area contributed by atoms with Crippen molar-refractivity contribution in [2.45, 2.75) is 129 Å². The van der Waals surface area contributed by atoms with Crippen LogP contribution in [0, 0.1) is 50.7 Å². The Morgan fingerprint density at radius 2 is 1.64 bits per heavy atom. The Morgan fingerprint density at radius 3 is 2.31 bits per heavy atom. The third kappa shape index (κ3) is 2.24. The van der Waals surface area contributed by atoms with Crippen molar-refractivity contribution in [2.24, 2.45) is 50.7 Å². The first kappa shape index (κ1) is 24.5. The lowest BCUT2D eigenvalue weighted by molar-refractivity contribution is -0.282. The molecule has 3 N–H and O–H groups in total. The number of carbonyl (C=O) groups is 1. The summed E-state index contributed by atoms with van der Waals surface area (Å²) < 4.78 is 13.3. The maximum atomic E-state index is 14.6. The second-order valence-electron chi connectivity index (χ2n) is 15.8. The number of hydrogen-bond acceptors (Lipinski definition) is 6. The van der Waals surface area contributed by atoms with E-state index < -0.39 is 34.4 Å². The highest BCUT2D eigenvalue weighted by Crippen LogP contribution is 2.89. The molecule has 7 rings (SSSR count). The van der Waals surface area contributed by atoms with E-state index in [-0.39, 0.29) is 52.0 Å². The summed E-state index contributed by atoms with van der Waals surface area (Å²) in [6.07, 6.45) is 4.09. The van der Waals surface area contributed by atoms with Gasteiger partial charge in [-0.25, -0.2) is 0 Å². The molecular formula is C30H46O6. The van der Waals surface area contributed by atoms with Gasteiger partial charge in [-0.1, -0.05) is 34.6 Å². The molecule has 2 bridgehead atoms. The molecule has 6 nitrogen and oxygen atoms in total. The summed E-state index contributed by atoms with van der Waals surface area (Å²) in [5.41, 5.74) is -2.68. The van der Waals surface area contributed by atoms with Gasteiger partial charge in [-0.15, -0.1) is 0 Å². The SMILES string of the molecule is CC1CC2OC3(OC2C(C)(C)O)C1C1(C)C(=O)CC24CC25CCC(O)C(C)(C)C5CCC4C1(C)C3O. The fourth-order valence-electron chi connectivity index (χ4n) is 12.4. The minimum Gasteiger partial charge on any atom is -0.393 e. The van der Waals surface area contributed by atoms with Gasteiger partial charge >= 0.3 is 0 Å². The lowest BCUT2D eigenvalue weighted by Gasteiger charge is -2.62. The van der Waals surface area contributed by atoms with Gasteiger partial charge in [0, 0.05) is 23.2 Å². The number of rotatable bonds is 1. The second kappa shape index (κ2) is 6.43. The van der Waals surface area contributed by atoms with Gasteiger partial charge in [0.25, 0.3) is 0 Å². The molecule has 2 aliphatic heterocycles. The number of ether oxygens (including phenoxy) is 2. The first-order valence-electron chi connectivity index (χ1n) is 14.5. The van der Waals surface area contributed by atoms with E-state index in [1.165, 1.54) is 0 Å². The molecule has 0 radical (unpaired) electrons. The van der Waals surface area contributed by atoms with Gasteiger partial charge < -0.3 is 24.8 Å². The minimum absolute atomic E-state index is 0.0883. The highest BCUT2D eigenvalue weighted by molar-refractivity contribution is 5.89. The van der Waals surface area contributed by atoms with Crippen LogP contribution in [0.15, 0.2) is 0 Å². The van der Waals surface area contributed by atoms with Crippen molar-refractivity contribution >= 4 is 5.78 Å². The molecular weight excluding hydrogens is 456 g/mol. The fraction of sp³-hybridized carbons (Fsp3) is 0.967. The number of hydrogen-bond donors (Lipinski definition) is 3. The quantitative estimate of drug-likeness (QED) is 0.504. The van der Waals surface area contributed by atoms with Crippen LogP contribution in [0.4, 0.5) is 0 Å². The molecule has 0 aromatic carbocycles. The number of Topliss-reactive ketones (excluding diaryl/α,β-unsaturated/α-hetero) is 1. The number of fused-ring (bicyclic) bond motifs is 4. The Morgan fingerprint density at radius 1 is 0.972 bits per heavy atom. The number of aliphatic hydroxyl groups excluding tert-OH is 2. The maximum Gasteiger partial charge on any atom is 0.200 e. The molecule has 5 saturated carbocycles. The fourth-order valence-corrected chi connectivity index (χ4v) is 12.4. The Kier molecular flexibility index (Phi) is 4.38. The van der Waals surface area contributed by atoms with E-state index in [0.717, 1.165) is 38.5 Å². The third-order valence-corrected chi connectivity index (χ3v) is 14.0. The van der Waals surface area contributed by atoms with Crippen molar-refractivity contribution in [3.63, 3.8) is 0 Å². The first-order valence-corrected chi connectivity index (χ1v) is 14.5. The van der Waals surface area contributed by atoms with Crippen LogP contribution in [0.25, 0.3) is 0 Å². The molecule has 7 fully saturated rings. The van der Waals surface area contributed by atoms with Gasteiger partial charge in [0.15, 0.2) is 5.79 Å². The zero-order chi connectivity index (χ0) is 26.1. The lowest BCUT2D eigenvalue weighted by Crippen LogP contribution is -2.63. The molecule has 6 heteroatoms. The summed E-state index contributed by atoms with van der Waals surface area (Å²) in [5, 5.41) is 34.3. The van der Waals surface area contributed by atoms with Crippen LogP contribution in [0.1, 0.15) is 93.4 Å². The zero-order valence-electron chi connectivity index (χ0n) is 23.1. The maximum absolute atomic E-state index is 14.6. The van der Waals surface area contributed by atoms with E-state index in [9.17, 15) is 20.1 Å². The Balaban J connectivity index is 1.36. The van der Waals surface area contributed by atoms with Gasteiger partial charge in [-0.2, -0.15) is 0 Å². The lowest BCUT2D eigenvalue weighted by atomic mass is 9.41. The van der Waals surface area contributed by atoms with Crippen molar-refractivity contribution in [3.8, 4) is 0 Å². The molecule has 0 amide bonds. The van der Waals surface area contributed by atoms with E-state index in [2.05, 4.69) is 34.6 Å². The second-order valence-corrected chi connectivity index (χ2v) is 15.8. The van der Waals surface area contributed by atoms with E-state index >= 15 is 0 Å². The van der Waals surface area contributed by atoms with Crippen LogP contribution in [-0.4, -0.2) is 56.9 Å². The summed E-state index contributed by atoms with van der Waals surface area (Å²) in [6.45, 7) is 14.4. The largest absolute Gasteiger partial charge is 0.393 e. The van der Waals surface area contributed by atoms with Crippen LogP contribution in [0.3, 0.4) is 0 Å². The highest BCUT2D eigenvalue weighted by atomic mass is 16.8. The molecule has 13 unspecified atom stereocenters. The average molecular weight is 503 g/mol. The van der Waals surface area contributed by atoms with Crippen LogP contribution < -0.4 is 0 Å². The molecule has 3 spiro atoms. The smallest absolute Gasteiger partial charge is 0.200 e. The van der Waals surface area contributed by atoms with Crippen LogP contribution >= 0.6 is 0 Å². The van der Waals surface area contributed by atoms with Crippen molar-refractivity contribution in [1.29, 1.82) is 0 Å². The van der Waals surface area contributed by atoms with Gasteiger partial charge in [0.1, 0.15) is 18.0 Å². The van der Waals surface area contributed by atoms with Crippen LogP contribution in [-0.2, 0) is 14.3 Å². The molecule has 5 aliphatic carbocycles. The minimum atomic E-state index is -1.25. The van der Waals surface area contributed by atoms with E-state index in [0.29, 0.717) is 12.3 Å². The van der Waals surface area contributed by atoms with E-state index in [1.807, 2.05) is 0 Å². The van der Waals surface area contributed by atoms with Gasteiger partial charge in [-0.3, -0.25) is 4.79 Å².